The van der Waals surface area contributed by atoms with Crippen LogP contribution in [0.2, 0.25) is 0 Å². The minimum absolute atomic E-state index is 0.0606. The van der Waals surface area contributed by atoms with Gasteiger partial charge in [-0.05, 0) is 5.56 Å². The van der Waals surface area contributed by atoms with Gasteiger partial charge in [0, 0.05) is 29.0 Å². The molecule has 1 aliphatic carbocycles. The lowest BCUT2D eigenvalue weighted by Gasteiger charge is -2.43. The lowest BCUT2D eigenvalue weighted by atomic mass is 9.73. The zero-order valence-corrected chi connectivity index (χ0v) is 15.9. The highest BCUT2D eigenvalue weighted by atomic mass is 16.8. The summed E-state index contributed by atoms with van der Waals surface area (Å²) in [5.74, 6) is -3.14. The molecule has 0 amide bonds. The molecular formula is C24H18NO5-. The first-order valence-electron chi connectivity index (χ1n) is 9.46. The smallest absolute Gasteiger partial charge is 0.193 e. The van der Waals surface area contributed by atoms with E-state index in [1.54, 1.807) is 72.8 Å². The first-order chi connectivity index (χ1) is 14.5. The summed E-state index contributed by atoms with van der Waals surface area (Å²) in [6, 6.07) is 22.9. The van der Waals surface area contributed by atoms with Gasteiger partial charge in [0.2, 0.25) is 0 Å². The van der Waals surface area contributed by atoms with E-state index in [1.165, 1.54) is 12.1 Å². The Balaban J connectivity index is 1.88. The summed E-state index contributed by atoms with van der Waals surface area (Å²) in [7, 11) is 0. The molecule has 0 spiro atoms. The van der Waals surface area contributed by atoms with Crippen LogP contribution >= 0.6 is 0 Å². The molecule has 1 N–H and O–H groups in total. The van der Waals surface area contributed by atoms with Crippen LogP contribution in [0.4, 0.5) is 0 Å². The van der Waals surface area contributed by atoms with Gasteiger partial charge >= 0.3 is 0 Å². The van der Waals surface area contributed by atoms with Crippen molar-refractivity contribution in [1.29, 1.82) is 0 Å². The van der Waals surface area contributed by atoms with Crippen molar-refractivity contribution in [3.63, 3.8) is 0 Å². The molecule has 1 aliphatic rings. The summed E-state index contributed by atoms with van der Waals surface area (Å²) in [4.78, 5) is 39.8. The van der Waals surface area contributed by atoms with Gasteiger partial charge in [-0.2, -0.15) is 0 Å². The van der Waals surface area contributed by atoms with E-state index in [1.807, 2.05) is 0 Å². The normalized spacial score (nSPS) is 15.8. The fraction of sp³-hybridized carbons (Fsp3) is 0.125. The SMILES string of the molecule is O=C(C[C@H](c1ccccc1)C1(N([O-])O)C(=O)c2ccccc2C1=O)c1ccccc1. The number of hydrogen-bond acceptors (Lipinski definition) is 6. The van der Waals surface area contributed by atoms with Crippen molar-refractivity contribution in [2.24, 2.45) is 0 Å². The van der Waals surface area contributed by atoms with Gasteiger partial charge in [-0.1, -0.05) is 84.9 Å². The summed E-state index contributed by atoms with van der Waals surface area (Å²) < 4.78 is 0. The van der Waals surface area contributed by atoms with Crippen molar-refractivity contribution < 1.29 is 19.6 Å². The Bertz CT molecular complexity index is 1070. The molecule has 0 fully saturated rings. The highest BCUT2D eigenvalue weighted by molar-refractivity contribution is 6.33. The molecule has 0 saturated carbocycles. The van der Waals surface area contributed by atoms with Crippen LogP contribution in [0, 0.1) is 5.21 Å². The van der Waals surface area contributed by atoms with E-state index in [0.29, 0.717) is 11.1 Å². The summed E-state index contributed by atoms with van der Waals surface area (Å²) in [5.41, 5.74) is -1.52. The van der Waals surface area contributed by atoms with Gasteiger partial charge in [0.1, 0.15) is 0 Å². The topological polar surface area (TPSA) is 97.7 Å². The van der Waals surface area contributed by atoms with Crippen molar-refractivity contribution >= 4 is 17.3 Å². The van der Waals surface area contributed by atoms with Gasteiger partial charge in [0.15, 0.2) is 22.9 Å². The Kier molecular flexibility index (Phi) is 5.13. The van der Waals surface area contributed by atoms with Crippen LogP contribution in [-0.4, -0.2) is 33.3 Å². The Labute approximate surface area is 172 Å². The van der Waals surface area contributed by atoms with Crippen molar-refractivity contribution in [2.45, 2.75) is 17.9 Å². The summed E-state index contributed by atoms with van der Waals surface area (Å²) in [5, 5.41) is 22.1. The predicted octanol–water partition coefficient (Wildman–Crippen LogP) is 4.05. The number of ketones is 3. The Morgan fingerprint density at radius 2 is 1.30 bits per heavy atom. The van der Waals surface area contributed by atoms with Crippen LogP contribution in [0.5, 0.6) is 0 Å². The Morgan fingerprint density at radius 3 is 1.80 bits per heavy atom. The quantitative estimate of drug-likeness (QED) is 0.381. The molecule has 0 aromatic heterocycles. The number of hydrogen-bond donors (Lipinski definition) is 1. The maximum absolute atomic E-state index is 13.4. The first-order valence-corrected chi connectivity index (χ1v) is 9.46. The lowest BCUT2D eigenvalue weighted by molar-refractivity contribution is -0.104. The molecular weight excluding hydrogens is 382 g/mol. The Morgan fingerprint density at radius 1 is 0.833 bits per heavy atom. The number of Topliss-reactive ketones (excluding diaryl/α,β-unsaturated/α-hetero) is 3. The van der Waals surface area contributed by atoms with Crippen LogP contribution in [-0.2, 0) is 0 Å². The predicted molar refractivity (Wildman–Crippen MR) is 109 cm³/mol. The molecule has 3 aromatic carbocycles. The molecule has 0 radical (unpaired) electrons. The first kappa shape index (κ1) is 19.8. The van der Waals surface area contributed by atoms with E-state index >= 15 is 0 Å². The third kappa shape index (κ3) is 2.98. The van der Waals surface area contributed by atoms with Crippen molar-refractivity contribution in [1.82, 2.24) is 5.23 Å². The van der Waals surface area contributed by atoms with Gasteiger partial charge in [0.05, 0.1) is 0 Å². The van der Waals surface area contributed by atoms with E-state index in [0.717, 1.165) is 0 Å². The fourth-order valence-corrected chi connectivity index (χ4v) is 4.14. The number of fused-ring (bicyclic) bond motifs is 1. The van der Waals surface area contributed by atoms with Crippen LogP contribution in [0.3, 0.4) is 0 Å². The van der Waals surface area contributed by atoms with Gasteiger partial charge < -0.3 is 10.4 Å². The summed E-state index contributed by atoms with van der Waals surface area (Å²) in [6.45, 7) is 0. The van der Waals surface area contributed by atoms with Gasteiger partial charge in [-0.25, -0.2) is 5.23 Å². The van der Waals surface area contributed by atoms with Crippen molar-refractivity contribution in [3.8, 4) is 0 Å². The van der Waals surface area contributed by atoms with Crippen LogP contribution < -0.4 is 0 Å². The molecule has 0 aliphatic heterocycles. The number of nitrogens with zero attached hydrogens (tertiary/aromatic N) is 1. The number of hydroxylamine groups is 2. The minimum Gasteiger partial charge on any atom is -0.761 e. The number of carbonyl (C=O) groups excluding carboxylic acids is 3. The third-order valence-electron chi connectivity index (χ3n) is 5.60. The lowest BCUT2D eigenvalue weighted by Crippen LogP contribution is -2.57. The van der Waals surface area contributed by atoms with Crippen LogP contribution in [0.1, 0.15) is 49.0 Å². The zero-order valence-electron chi connectivity index (χ0n) is 15.9. The molecule has 6 heteroatoms. The molecule has 0 bridgehead atoms. The molecule has 4 rings (SSSR count). The monoisotopic (exact) mass is 400 g/mol. The summed E-state index contributed by atoms with van der Waals surface area (Å²) in [6.07, 6.45) is -0.307. The van der Waals surface area contributed by atoms with Gasteiger partial charge in [0.25, 0.3) is 0 Å². The van der Waals surface area contributed by atoms with E-state index in [9.17, 15) is 24.8 Å². The molecule has 30 heavy (non-hydrogen) atoms. The Hall–Kier alpha value is -3.45. The van der Waals surface area contributed by atoms with E-state index < -0.39 is 28.2 Å². The zero-order chi connectivity index (χ0) is 21.3. The van der Waals surface area contributed by atoms with Gasteiger partial charge in [-0.3, -0.25) is 14.4 Å². The second-order valence-corrected chi connectivity index (χ2v) is 7.20. The average molecular weight is 400 g/mol. The van der Waals surface area contributed by atoms with E-state index in [2.05, 4.69) is 0 Å². The van der Waals surface area contributed by atoms with Crippen molar-refractivity contribution in [2.75, 3.05) is 0 Å². The molecule has 6 nitrogen and oxygen atoms in total. The third-order valence-corrected chi connectivity index (χ3v) is 5.60. The highest BCUT2D eigenvalue weighted by Crippen LogP contribution is 2.45. The maximum Gasteiger partial charge on any atom is 0.193 e. The summed E-state index contributed by atoms with van der Waals surface area (Å²) >= 11 is 0. The average Bonchev–Trinajstić information content (AvgIpc) is 3.01. The van der Waals surface area contributed by atoms with E-state index in [4.69, 9.17) is 0 Å². The largest absolute Gasteiger partial charge is 0.761 e. The van der Waals surface area contributed by atoms with E-state index in [-0.39, 0.29) is 23.3 Å². The standard InChI is InChI=1S/C24H18NO5/c26-21(17-11-5-2-6-12-17)15-20(16-9-3-1-4-10-16)24(25(29)30)22(27)18-13-7-8-14-19(18)23(24)28/h1-14,20,29H,15H2/q-1/t20-/m1/s1. The second-order valence-electron chi connectivity index (χ2n) is 7.20. The number of carbonyl (C=O) groups is 3. The maximum atomic E-state index is 13.4. The number of rotatable bonds is 6. The number of benzene rings is 3. The molecule has 0 unspecified atom stereocenters. The molecule has 0 saturated heterocycles. The highest BCUT2D eigenvalue weighted by Gasteiger charge is 2.59. The van der Waals surface area contributed by atoms with Crippen LogP contribution in [0.25, 0.3) is 0 Å². The second kappa shape index (κ2) is 7.76. The molecule has 0 heterocycles. The molecule has 150 valence electrons. The fourth-order valence-electron chi connectivity index (χ4n) is 4.14. The molecule has 1 atom stereocenters. The van der Waals surface area contributed by atoms with Crippen LogP contribution in [0.15, 0.2) is 84.9 Å². The van der Waals surface area contributed by atoms with Gasteiger partial charge in [-0.15, -0.1) is 0 Å². The molecule has 3 aromatic rings. The minimum atomic E-state index is -2.46. The van der Waals surface area contributed by atoms with Crippen molar-refractivity contribution in [3.05, 3.63) is 112 Å².